The predicted octanol–water partition coefficient (Wildman–Crippen LogP) is 3.13. The van der Waals surface area contributed by atoms with Gasteiger partial charge in [-0.2, -0.15) is 0 Å². The van der Waals surface area contributed by atoms with Crippen molar-refractivity contribution in [1.82, 2.24) is 5.32 Å². The van der Waals surface area contributed by atoms with Crippen LogP contribution in [0.2, 0.25) is 0 Å². The van der Waals surface area contributed by atoms with E-state index in [1.165, 1.54) is 43.2 Å². The Balaban J connectivity index is 2.08. The predicted molar refractivity (Wildman–Crippen MR) is 95.3 cm³/mol. The van der Waals surface area contributed by atoms with Crippen LogP contribution in [-0.4, -0.2) is 19.0 Å². The molecule has 0 aliphatic heterocycles. The van der Waals surface area contributed by atoms with Crippen LogP contribution in [0.5, 0.6) is 0 Å². The number of carbonyl (C=O) groups excluding carboxylic acids is 1. The highest BCUT2D eigenvalue weighted by atomic mass is 16.2. The van der Waals surface area contributed by atoms with Crippen LogP contribution in [0.3, 0.4) is 0 Å². The highest BCUT2D eigenvalue weighted by molar-refractivity contribution is 5.79. The quantitative estimate of drug-likeness (QED) is 0.832. The average Bonchev–Trinajstić information content (AvgIpc) is 2.59. The number of hydrogen-bond donors (Lipinski definition) is 2. The van der Waals surface area contributed by atoms with Crippen LogP contribution in [0, 0.1) is 5.92 Å². The van der Waals surface area contributed by atoms with E-state index in [0.29, 0.717) is 12.0 Å². The summed E-state index contributed by atoms with van der Waals surface area (Å²) in [4.78, 5) is 11.8. The zero-order valence-electron chi connectivity index (χ0n) is 15.1. The number of carbonyl (C=O) groups is 1. The van der Waals surface area contributed by atoms with Gasteiger partial charge >= 0.3 is 0 Å². The molecule has 2 rings (SSSR count). The zero-order chi connectivity index (χ0) is 16.8. The molecule has 0 radical (unpaired) electrons. The molecule has 0 aromatic heterocycles. The molecule has 1 aliphatic rings. The first kappa shape index (κ1) is 18.0. The van der Waals surface area contributed by atoms with Gasteiger partial charge in [0.2, 0.25) is 0 Å². The second-order valence-corrected chi connectivity index (χ2v) is 7.37. The molecule has 1 amide bonds. The monoisotopic (exact) mass is 317 g/mol. The van der Waals surface area contributed by atoms with Crippen molar-refractivity contribution in [3.8, 4) is 0 Å². The third-order valence-electron chi connectivity index (χ3n) is 5.27. The molecule has 0 heterocycles. The standard InChI is InChI=1S/C20H32N2O/c1-14(2)19(22-15(3)20(23)21-4)18-12-10-17(11-13-18)16-8-6-5-7-9-16/h10-16,19,22H,5-9H2,1-4H3,(H,21,23)/p+1/t15-,19+/m1/s1. The molecular formula is C20H33N2O+. The van der Waals surface area contributed by atoms with E-state index < -0.39 is 0 Å². The van der Waals surface area contributed by atoms with Crippen molar-refractivity contribution in [2.45, 2.75) is 70.9 Å². The van der Waals surface area contributed by atoms with Crippen LogP contribution in [0.25, 0.3) is 0 Å². The minimum absolute atomic E-state index is 0.0644. The number of amides is 1. The molecule has 23 heavy (non-hydrogen) atoms. The lowest BCUT2D eigenvalue weighted by atomic mass is 9.83. The van der Waals surface area contributed by atoms with Gasteiger partial charge in [0.1, 0.15) is 6.04 Å². The zero-order valence-corrected chi connectivity index (χ0v) is 15.1. The first-order valence-electron chi connectivity index (χ1n) is 9.19. The van der Waals surface area contributed by atoms with Crippen LogP contribution in [0.1, 0.15) is 76.0 Å². The van der Waals surface area contributed by atoms with Gasteiger partial charge in [-0.05, 0) is 31.2 Å². The van der Waals surface area contributed by atoms with Crippen LogP contribution in [0.4, 0.5) is 0 Å². The molecule has 3 N–H and O–H groups in total. The summed E-state index contributed by atoms with van der Waals surface area (Å²) in [6.07, 6.45) is 6.83. The summed E-state index contributed by atoms with van der Waals surface area (Å²) in [6.45, 7) is 6.43. The molecule has 1 fully saturated rings. The van der Waals surface area contributed by atoms with Gasteiger partial charge < -0.3 is 10.6 Å². The van der Waals surface area contributed by atoms with Crippen molar-refractivity contribution >= 4 is 5.91 Å². The molecular weight excluding hydrogens is 284 g/mol. The number of quaternary nitrogens is 1. The first-order valence-corrected chi connectivity index (χ1v) is 9.19. The van der Waals surface area contributed by atoms with Gasteiger partial charge in [-0.3, -0.25) is 4.79 Å². The third kappa shape index (κ3) is 4.81. The maximum absolute atomic E-state index is 11.8. The highest BCUT2D eigenvalue weighted by Gasteiger charge is 2.25. The molecule has 1 aromatic carbocycles. The Morgan fingerprint density at radius 2 is 1.70 bits per heavy atom. The SMILES string of the molecule is CNC(=O)[C@@H](C)[NH2+][C@H](c1ccc(C2CCCCC2)cc1)C(C)C. The number of rotatable bonds is 6. The van der Waals surface area contributed by atoms with Crippen molar-refractivity contribution in [3.63, 3.8) is 0 Å². The summed E-state index contributed by atoms with van der Waals surface area (Å²) in [5.74, 6) is 1.33. The van der Waals surface area contributed by atoms with Gasteiger partial charge in [0, 0.05) is 18.5 Å². The molecule has 3 nitrogen and oxygen atoms in total. The van der Waals surface area contributed by atoms with E-state index in [9.17, 15) is 4.79 Å². The molecule has 0 bridgehead atoms. The first-order chi connectivity index (χ1) is 11.0. The molecule has 128 valence electrons. The minimum atomic E-state index is -0.0644. The smallest absolute Gasteiger partial charge is 0.277 e. The van der Waals surface area contributed by atoms with E-state index in [4.69, 9.17) is 0 Å². The normalized spacial score (nSPS) is 18.7. The van der Waals surface area contributed by atoms with Crippen molar-refractivity contribution < 1.29 is 10.1 Å². The molecule has 3 heteroatoms. The Kier molecular flexibility index (Phi) is 6.64. The molecule has 0 saturated heterocycles. The Bertz CT molecular complexity index is 489. The second kappa shape index (κ2) is 8.49. The van der Waals surface area contributed by atoms with E-state index in [1.54, 1.807) is 7.05 Å². The molecule has 2 atom stereocenters. The average molecular weight is 317 g/mol. The number of benzene rings is 1. The summed E-state index contributed by atoms with van der Waals surface area (Å²) in [5, 5.41) is 4.94. The van der Waals surface area contributed by atoms with E-state index in [-0.39, 0.29) is 11.9 Å². The van der Waals surface area contributed by atoms with E-state index in [2.05, 4.69) is 48.7 Å². The molecule has 1 aliphatic carbocycles. The van der Waals surface area contributed by atoms with Crippen molar-refractivity contribution in [3.05, 3.63) is 35.4 Å². The fourth-order valence-corrected chi connectivity index (χ4v) is 3.77. The van der Waals surface area contributed by atoms with Crippen LogP contribution in [0.15, 0.2) is 24.3 Å². The Morgan fingerprint density at radius 3 is 2.22 bits per heavy atom. The van der Waals surface area contributed by atoms with Crippen molar-refractivity contribution in [2.24, 2.45) is 5.92 Å². The molecule has 0 spiro atoms. The maximum Gasteiger partial charge on any atom is 0.277 e. The largest absolute Gasteiger partial charge is 0.354 e. The summed E-state index contributed by atoms with van der Waals surface area (Å²) < 4.78 is 0. The van der Waals surface area contributed by atoms with Gasteiger partial charge in [-0.15, -0.1) is 0 Å². The van der Waals surface area contributed by atoms with Crippen molar-refractivity contribution in [2.75, 3.05) is 7.05 Å². The summed E-state index contributed by atoms with van der Waals surface area (Å²) in [7, 11) is 1.70. The summed E-state index contributed by atoms with van der Waals surface area (Å²) in [6, 6.07) is 9.45. The Labute approximate surface area is 141 Å². The van der Waals surface area contributed by atoms with Crippen LogP contribution < -0.4 is 10.6 Å². The number of hydrogen-bond acceptors (Lipinski definition) is 1. The summed E-state index contributed by atoms with van der Waals surface area (Å²) >= 11 is 0. The van der Waals surface area contributed by atoms with Crippen LogP contribution in [-0.2, 0) is 4.79 Å². The maximum atomic E-state index is 11.8. The molecule has 1 saturated carbocycles. The van der Waals surface area contributed by atoms with Gasteiger partial charge in [0.05, 0.1) is 0 Å². The van der Waals surface area contributed by atoms with Gasteiger partial charge in [0.15, 0.2) is 6.04 Å². The topological polar surface area (TPSA) is 45.7 Å². The lowest BCUT2D eigenvalue weighted by Crippen LogP contribution is -2.93. The van der Waals surface area contributed by atoms with Gasteiger partial charge in [-0.25, -0.2) is 0 Å². The van der Waals surface area contributed by atoms with E-state index >= 15 is 0 Å². The molecule has 1 aromatic rings. The molecule has 0 unspecified atom stereocenters. The Morgan fingerprint density at radius 1 is 1.09 bits per heavy atom. The fraction of sp³-hybridized carbons (Fsp3) is 0.650. The number of nitrogens with one attached hydrogen (secondary N) is 1. The Hall–Kier alpha value is -1.35. The number of likely N-dealkylation sites (N-methyl/N-ethyl adjacent to an activating group) is 1. The highest BCUT2D eigenvalue weighted by Crippen LogP contribution is 2.33. The number of nitrogens with two attached hydrogens (primary N) is 1. The fourth-order valence-electron chi connectivity index (χ4n) is 3.77. The van der Waals surface area contributed by atoms with E-state index in [1.807, 2.05) is 6.92 Å². The third-order valence-corrected chi connectivity index (χ3v) is 5.27. The van der Waals surface area contributed by atoms with E-state index in [0.717, 1.165) is 5.92 Å². The van der Waals surface area contributed by atoms with Crippen molar-refractivity contribution in [1.29, 1.82) is 0 Å². The van der Waals surface area contributed by atoms with Crippen LogP contribution >= 0.6 is 0 Å². The summed E-state index contributed by atoms with van der Waals surface area (Å²) in [5.41, 5.74) is 2.82. The van der Waals surface area contributed by atoms with Gasteiger partial charge in [0.25, 0.3) is 5.91 Å². The minimum Gasteiger partial charge on any atom is -0.354 e. The second-order valence-electron chi connectivity index (χ2n) is 7.37. The lowest BCUT2D eigenvalue weighted by Gasteiger charge is -2.25. The lowest BCUT2D eigenvalue weighted by molar-refractivity contribution is -0.719. The van der Waals surface area contributed by atoms with Gasteiger partial charge in [-0.1, -0.05) is 57.4 Å².